The predicted octanol–water partition coefficient (Wildman–Crippen LogP) is 1.51. The fourth-order valence-electron chi connectivity index (χ4n) is 2.97. The molecule has 2 atom stereocenters. The van der Waals surface area contributed by atoms with Crippen LogP contribution in [0.25, 0.3) is 0 Å². The molecule has 5 N–H and O–H groups in total. The highest BCUT2D eigenvalue weighted by Crippen LogP contribution is 2.30. The fourth-order valence-corrected chi connectivity index (χ4v) is 3.68. The average Bonchev–Trinajstić information content (AvgIpc) is 2.44. The molecule has 0 aliphatic heterocycles. The van der Waals surface area contributed by atoms with Crippen LogP contribution in [0.4, 0.5) is 5.69 Å². The SMILES string of the molecule is NCC1CCCCC1CNc1ccccc1S(N)(=O)=O. The van der Waals surface area contributed by atoms with Gasteiger partial charge in [-0.1, -0.05) is 25.0 Å². The van der Waals surface area contributed by atoms with Gasteiger partial charge >= 0.3 is 0 Å². The van der Waals surface area contributed by atoms with Crippen molar-refractivity contribution in [3.8, 4) is 0 Å². The van der Waals surface area contributed by atoms with E-state index in [1.165, 1.54) is 25.3 Å². The quantitative estimate of drug-likeness (QED) is 0.767. The van der Waals surface area contributed by atoms with Crippen molar-refractivity contribution in [2.24, 2.45) is 22.7 Å². The Morgan fingerprint density at radius 1 is 1.15 bits per heavy atom. The number of hydrogen-bond acceptors (Lipinski definition) is 4. The molecular weight excluding hydrogens is 274 g/mol. The van der Waals surface area contributed by atoms with Crippen LogP contribution in [0.5, 0.6) is 0 Å². The minimum atomic E-state index is -3.69. The van der Waals surface area contributed by atoms with Crippen molar-refractivity contribution in [1.82, 2.24) is 0 Å². The predicted molar refractivity (Wildman–Crippen MR) is 80.8 cm³/mol. The van der Waals surface area contributed by atoms with Gasteiger partial charge in [0.05, 0.1) is 5.69 Å². The molecule has 1 aromatic rings. The molecule has 0 aromatic heterocycles. The molecule has 1 fully saturated rings. The van der Waals surface area contributed by atoms with Crippen molar-refractivity contribution in [1.29, 1.82) is 0 Å². The minimum Gasteiger partial charge on any atom is -0.384 e. The van der Waals surface area contributed by atoms with Crippen LogP contribution in [0.3, 0.4) is 0 Å². The summed E-state index contributed by atoms with van der Waals surface area (Å²) in [6.45, 7) is 1.44. The van der Waals surface area contributed by atoms with E-state index in [-0.39, 0.29) is 4.90 Å². The Hall–Kier alpha value is -1.11. The zero-order valence-electron chi connectivity index (χ0n) is 11.6. The van der Waals surface area contributed by atoms with E-state index in [0.717, 1.165) is 13.0 Å². The highest BCUT2D eigenvalue weighted by atomic mass is 32.2. The summed E-state index contributed by atoms with van der Waals surface area (Å²) in [4.78, 5) is 0.153. The van der Waals surface area contributed by atoms with Gasteiger partial charge in [0.15, 0.2) is 0 Å². The molecule has 112 valence electrons. The first kappa shape index (κ1) is 15.3. The topological polar surface area (TPSA) is 98.2 Å². The number of benzene rings is 1. The summed E-state index contributed by atoms with van der Waals surface area (Å²) >= 11 is 0. The van der Waals surface area contributed by atoms with E-state index in [0.29, 0.717) is 24.1 Å². The molecule has 0 bridgehead atoms. The zero-order valence-corrected chi connectivity index (χ0v) is 12.4. The fraction of sp³-hybridized carbons (Fsp3) is 0.571. The minimum absolute atomic E-state index is 0.153. The molecule has 20 heavy (non-hydrogen) atoms. The van der Waals surface area contributed by atoms with Crippen LogP contribution in [0.15, 0.2) is 29.2 Å². The molecule has 0 spiro atoms. The molecule has 1 aliphatic carbocycles. The zero-order chi connectivity index (χ0) is 14.6. The molecular formula is C14H23N3O2S. The Kier molecular flexibility index (Phi) is 5.01. The van der Waals surface area contributed by atoms with Crippen molar-refractivity contribution in [2.45, 2.75) is 30.6 Å². The molecule has 5 nitrogen and oxygen atoms in total. The maximum absolute atomic E-state index is 11.5. The monoisotopic (exact) mass is 297 g/mol. The summed E-state index contributed by atoms with van der Waals surface area (Å²) in [7, 11) is -3.69. The number of para-hydroxylation sites is 1. The van der Waals surface area contributed by atoms with Gasteiger partial charge < -0.3 is 11.1 Å². The Labute approximate surface area is 120 Å². The molecule has 0 saturated heterocycles. The second-order valence-electron chi connectivity index (χ2n) is 5.46. The Balaban J connectivity index is 2.07. The standard InChI is InChI=1S/C14H23N3O2S/c15-9-11-5-1-2-6-12(11)10-17-13-7-3-4-8-14(13)20(16,18)19/h3-4,7-8,11-12,17H,1-2,5-6,9-10,15H2,(H2,16,18,19). The summed E-state index contributed by atoms with van der Waals surface area (Å²) < 4.78 is 23.1. The molecule has 2 unspecified atom stereocenters. The molecule has 2 rings (SSSR count). The van der Waals surface area contributed by atoms with E-state index < -0.39 is 10.0 Å². The van der Waals surface area contributed by atoms with E-state index in [9.17, 15) is 8.42 Å². The first-order valence-electron chi connectivity index (χ1n) is 7.08. The molecule has 0 heterocycles. The third kappa shape index (κ3) is 3.71. The van der Waals surface area contributed by atoms with Crippen LogP contribution >= 0.6 is 0 Å². The van der Waals surface area contributed by atoms with Gasteiger partial charge in [0.25, 0.3) is 0 Å². The first-order chi connectivity index (χ1) is 9.52. The largest absolute Gasteiger partial charge is 0.384 e. The molecule has 1 saturated carbocycles. The summed E-state index contributed by atoms with van der Waals surface area (Å²) in [5, 5.41) is 8.47. The number of anilines is 1. The molecule has 1 aromatic carbocycles. The van der Waals surface area contributed by atoms with Crippen molar-refractivity contribution in [3.05, 3.63) is 24.3 Å². The first-order valence-corrected chi connectivity index (χ1v) is 8.62. The maximum Gasteiger partial charge on any atom is 0.240 e. The Morgan fingerprint density at radius 3 is 2.45 bits per heavy atom. The van der Waals surface area contributed by atoms with E-state index in [1.54, 1.807) is 18.2 Å². The van der Waals surface area contributed by atoms with Crippen molar-refractivity contribution in [2.75, 3.05) is 18.4 Å². The number of nitrogens with one attached hydrogen (secondary N) is 1. The second-order valence-corrected chi connectivity index (χ2v) is 6.99. The molecule has 0 amide bonds. The number of hydrogen-bond donors (Lipinski definition) is 3. The smallest absolute Gasteiger partial charge is 0.240 e. The lowest BCUT2D eigenvalue weighted by molar-refractivity contribution is 0.255. The van der Waals surface area contributed by atoms with Crippen LogP contribution in [0.2, 0.25) is 0 Å². The van der Waals surface area contributed by atoms with Gasteiger partial charge in [-0.25, -0.2) is 13.6 Å². The van der Waals surface area contributed by atoms with Gasteiger partial charge in [-0.05, 0) is 43.4 Å². The molecule has 1 aliphatic rings. The number of rotatable bonds is 5. The summed E-state index contributed by atoms with van der Waals surface area (Å²) in [5.74, 6) is 1.03. The van der Waals surface area contributed by atoms with Crippen LogP contribution in [0.1, 0.15) is 25.7 Å². The maximum atomic E-state index is 11.5. The van der Waals surface area contributed by atoms with E-state index >= 15 is 0 Å². The highest BCUT2D eigenvalue weighted by Gasteiger charge is 2.24. The van der Waals surface area contributed by atoms with Crippen LogP contribution < -0.4 is 16.2 Å². The number of nitrogens with two attached hydrogens (primary N) is 2. The molecule has 0 radical (unpaired) electrons. The third-order valence-electron chi connectivity index (χ3n) is 4.12. The summed E-state index contributed by atoms with van der Waals surface area (Å²) in [6.07, 6.45) is 4.78. The summed E-state index contributed by atoms with van der Waals surface area (Å²) in [6, 6.07) is 6.76. The van der Waals surface area contributed by atoms with Gasteiger partial charge in [-0.2, -0.15) is 0 Å². The van der Waals surface area contributed by atoms with Crippen LogP contribution in [-0.2, 0) is 10.0 Å². The van der Waals surface area contributed by atoms with Crippen LogP contribution in [0, 0.1) is 11.8 Å². The van der Waals surface area contributed by atoms with E-state index in [4.69, 9.17) is 10.9 Å². The average molecular weight is 297 g/mol. The van der Waals surface area contributed by atoms with Crippen molar-refractivity contribution >= 4 is 15.7 Å². The van der Waals surface area contributed by atoms with Gasteiger partial charge in [0.2, 0.25) is 10.0 Å². The van der Waals surface area contributed by atoms with E-state index in [2.05, 4.69) is 5.32 Å². The Bertz CT molecular complexity index is 545. The molecule has 6 heteroatoms. The number of sulfonamides is 1. The normalized spacial score (nSPS) is 23.5. The van der Waals surface area contributed by atoms with Gasteiger partial charge in [0.1, 0.15) is 4.90 Å². The summed E-state index contributed by atoms with van der Waals surface area (Å²) in [5.41, 5.74) is 6.40. The van der Waals surface area contributed by atoms with Gasteiger partial charge in [0, 0.05) is 6.54 Å². The Morgan fingerprint density at radius 2 is 1.80 bits per heavy atom. The highest BCUT2D eigenvalue weighted by molar-refractivity contribution is 7.89. The van der Waals surface area contributed by atoms with Crippen molar-refractivity contribution in [3.63, 3.8) is 0 Å². The van der Waals surface area contributed by atoms with Gasteiger partial charge in [-0.15, -0.1) is 0 Å². The van der Waals surface area contributed by atoms with Gasteiger partial charge in [-0.3, -0.25) is 0 Å². The number of primary sulfonamides is 1. The lowest BCUT2D eigenvalue weighted by atomic mass is 9.79. The third-order valence-corrected chi connectivity index (χ3v) is 5.09. The lowest BCUT2D eigenvalue weighted by Crippen LogP contribution is -2.31. The van der Waals surface area contributed by atoms with Crippen molar-refractivity contribution < 1.29 is 8.42 Å². The lowest BCUT2D eigenvalue weighted by Gasteiger charge is -2.31. The second kappa shape index (κ2) is 6.56. The van der Waals surface area contributed by atoms with Crippen LogP contribution in [-0.4, -0.2) is 21.5 Å². The van der Waals surface area contributed by atoms with E-state index in [1.807, 2.05) is 0 Å².